The Kier molecular flexibility index (Phi) is 2.62. The molecule has 0 aliphatic rings. The molecule has 0 radical (unpaired) electrons. The van der Waals surface area contributed by atoms with E-state index in [0.29, 0.717) is 11.6 Å². The van der Waals surface area contributed by atoms with Crippen molar-refractivity contribution in [2.75, 3.05) is 5.32 Å². The molecule has 0 spiro atoms. The van der Waals surface area contributed by atoms with Gasteiger partial charge < -0.3 is 5.32 Å². The summed E-state index contributed by atoms with van der Waals surface area (Å²) in [6, 6.07) is 3.21. The van der Waals surface area contributed by atoms with Gasteiger partial charge in [-0.25, -0.2) is 4.98 Å². The van der Waals surface area contributed by atoms with Crippen LogP contribution in [0.2, 0.25) is 5.02 Å². The highest BCUT2D eigenvalue weighted by atomic mass is 35.5. The highest BCUT2D eigenvalue weighted by molar-refractivity contribution is 6.34. The summed E-state index contributed by atoms with van der Waals surface area (Å²) in [5.74, 6) is 0.448. The van der Waals surface area contributed by atoms with E-state index in [1.54, 1.807) is 24.0 Å². The highest BCUT2D eigenvalue weighted by Crippen LogP contribution is 2.21. The summed E-state index contributed by atoms with van der Waals surface area (Å²) in [6.07, 6.45) is 2.46. The van der Waals surface area contributed by atoms with E-state index in [1.807, 2.05) is 0 Å². The Bertz CT molecular complexity index is 669. The zero-order valence-electron chi connectivity index (χ0n) is 12.6. The average molecular weight is 268 g/mol. The first-order valence-electron chi connectivity index (χ1n) is 6.70. The largest absolute Gasteiger partial charge is 0.323 e. The van der Waals surface area contributed by atoms with Gasteiger partial charge in [0, 0.05) is 42.1 Å². The van der Waals surface area contributed by atoms with Gasteiger partial charge in [-0.1, -0.05) is 18.5 Å². The van der Waals surface area contributed by atoms with Crippen LogP contribution in [0.25, 0.3) is 0 Å². The van der Waals surface area contributed by atoms with E-state index in [4.69, 9.17) is 15.7 Å². The van der Waals surface area contributed by atoms with Crippen molar-refractivity contribution in [3.8, 4) is 0 Å². The van der Waals surface area contributed by atoms with Crippen LogP contribution in [-0.2, 0) is 7.05 Å². The van der Waals surface area contributed by atoms with Gasteiger partial charge in [0.05, 0.1) is 10.6 Å². The maximum Gasteiger partial charge on any atom is 0.165 e. The summed E-state index contributed by atoms with van der Waals surface area (Å²) in [6.45, 7) is -2.33. The van der Waals surface area contributed by atoms with Crippen LogP contribution in [0.4, 0.5) is 11.6 Å². The molecule has 0 aromatic carbocycles. The maximum atomic E-state index is 11.8. The minimum Gasteiger partial charge on any atom is -0.323 e. The number of carbonyl (C=O) groups excluding carboxylic acids is 1. The standard InChI is InChI=1S/C12H13ClN4O/c1-3-10(18)8-7-14-12(6-9(8)13)15-11-4-5-17(2)16-11/h4-7H,3H2,1-2H3,(H,14,15,16)/i1D3. The van der Waals surface area contributed by atoms with Crippen molar-refractivity contribution in [3.05, 3.63) is 35.1 Å². The molecule has 1 N–H and O–H groups in total. The van der Waals surface area contributed by atoms with Gasteiger partial charge >= 0.3 is 0 Å². The van der Waals surface area contributed by atoms with Gasteiger partial charge in [-0.2, -0.15) is 5.10 Å². The molecule has 2 heterocycles. The first kappa shape index (κ1) is 9.10. The molecule has 0 aliphatic heterocycles. The summed E-state index contributed by atoms with van der Waals surface area (Å²) in [4.78, 5) is 15.9. The van der Waals surface area contributed by atoms with E-state index in [9.17, 15) is 4.79 Å². The van der Waals surface area contributed by atoms with Gasteiger partial charge in [-0.05, 0) is 0 Å². The molecule has 0 bridgehead atoms. The van der Waals surface area contributed by atoms with Crippen LogP contribution in [0.15, 0.2) is 24.5 Å². The molecule has 2 aromatic heterocycles. The van der Waals surface area contributed by atoms with Crippen molar-refractivity contribution >= 4 is 29.0 Å². The highest BCUT2D eigenvalue weighted by Gasteiger charge is 2.10. The zero-order chi connectivity index (χ0) is 15.6. The number of pyridine rings is 1. The van der Waals surface area contributed by atoms with Crippen molar-refractivity contribution in [2.45, 2.75) is 13.3 Å². The fourth-order valence-corrected chi connectivity index (χ4v) is 1.67. The van der Waals surface area contributed by atoms with E-state index < -0.39 is 19.1 Å². The number of nitrogens with zero attached hydrogens (tertiary/aromatic N) is 3. The summed E-state index contributed by atoms with van der Waals surface area (Å²) in [7, 11) is 1.78. The number of halogens is 1. The molecule has 5 nitrogen and oxygen atoms in total. The predicted octanol–water partition coefficient (Wildman–Crippen LogP) is 2.80. The third kappa shape index (κ3) is 2.68. The monoisotopic (exact) mass is 267 g/mol. The average Bonchev–Trinajstić information content (AvgIpc) is 2.72. The van der Waals surface area contributed by atoms with E-state index >= 15 is 0 Å². The lowest BCUT2D eigenvalue weighted by molar-refractivity contribution is 0.0988. The molecule has 0 fully saturated rings. The molecular weight excluding hydrogens is 252 g/mol. The van der Waals surface area contributed by atoms with Gasteiger partial charge in [0.2, 0.25) is 0 Å². The first-order valence-corrected chi connectivity index (χ1v) is 5.58. The molecule has 2 rings (SSSR count). The van der Waals surface area contributed by atoms with Crippen LogP contribution in [0.5, 0.6) is 0 Å². The van der Waals surface area contributed by atoms with Gasteiger partial charge in [0.15, 0.2) is 11.6 Å². The zero-order valence-corrected chi connectivity index (χ0v) is 10.4. The molecule has 94 valence electrons. The second kappa shape index (κ2) is 5.18. The topological polar surface area (TPSA) is 59.8 Å². The van der Waals surface area contributed by atoms with Crippen LogP contribution in [0, 0.1) is 0 Å². The maximum absolute atomic E-state index is 11.8. The lowest BCUT2D eigenvalue weighted by Gasteiger charge is -2.05. The molecule has 6 heteroatoms. The van der Waals surface area contributed by atoms with Crippen molar-refractivity contribution < 1.29 is 8.91 Å². The smallest absolute Gasteiger partial charge is 0.165 e. The Morgan fingerprint density at radius 2 is 2.44 bits per heavy atom. The summed E-state index contributed by atoms with van der Waals surface area (Å²) in [5.41, 5.74) is 0.0966. The number of hydrogen-bond acceptors (Lipinski definition) is 4. The first-order chi connectivity index (χ1) is 9.74. The van der Waals surface area contributed by atoms with E-state index in [2.05, 4.69) is 15.4 Å². The van der Waals surface area contributed by atoms with E-state index in [-0.39, 0.29) is 10.6 Å². The fraction of sp³-hybridized carbons (Fsp3) is 0.250. The number of nitrogens with one attached hydrogen (secondary N) is 1. The Hall–Kier alpha value is -1.88. The second-order valence-corrected chi connectivity index (χ2v) is 4.06. The number of rotatable bonds is 4. The Morgan fingerprint density at radius 3 is 3.06 bits per heavy atom. The van der Waals surface area contributed by atoms with E-state index in [0.717, 1.165) is 0 Å². The Balaban J connectivity index is 2.15. The lowest BCUT2D eigenvalue weighted by Crippen LogP contribution is -2.01. The fourth-order valence-electron chi connectivity index (χ4n) is 1.41. The molecule has 0 amide bonds. The molecule has 0 atom stereocenters. The lowest BCUT2D eigenvalue weighted by atomic mass is 10.1. The molecular formula is C12H13ClN4O. The third-order valence-corrected chi connectivity index (χ3v) is 2.60. The number of aryl methyl sites for hydroxylation is 1. The quantitative estimate of drug-likeness (QED) is 0.866. The molecule has 0 aliphatic carbocycles. The summed E-state index contributed by atoms with van der Waals surface area (Å²) >= 11 is 6.01. The van der Waals surface area contributed by atoms with Crippen molar-refractivity contribution in [1.29, 1.82) is 0 Å². The third-order valence-electron chi connectivity index (χ3n) is 2.28. The van der Waals surface area contributed by atoms with Gasteiger partial charge in [-0.3, -0.25) is 9.48 Å². The van der Waals surface area contributed by atoms with Gasteiger partial charge in [0.1, 0.15) is 5.82 Å². The Labute approximate surface area is 114 Å². The SMILES string of the molecule is [2H]C([2H])([2H])CC(=O)c1cnc(Nc2ccn(C)n2)cc1Cl. The molecule has 0 saturated carbocycles. The van der Waals surface area contributed by atoms with E-state index in [1.165, 1.54) is 12.3 Å². The number of anilines is 2. The van der Waals surface area contributed by atoms with Crippen LogP contribution in [0.3, 0.4) is 0 Å². The summed E-state index contributed by atoms with van der Waals surface area (Å²) in [5, 5.41) is 7.20. The van der Waals surface area contributed by atoms with Crippen molar-refractivity contribution in [3.63, 3.8) is 0 Å². The number of Topliss-reactive ketones (excluding diaryl/α,β-unsaturated/α-hetero) is 1. The van der Waals surface area contributed by atoms with Crippen LogP contribution in [-0.4, -0.2) is 20.5 Å². The van der Waals surface area contributed by atoms with Crippen LogP contribution >= 0.6 is 11.6 Å². The number of carbonyl (C=O) groups is 1. The van der Waals surface area contributed by atoms with Gasteiger partial charge in [0.25, 0.3) is 0 Å². The van der Waals surface area contributed by atoms with Crippen molar-refractivity contribution in [2.24, 2.45) is 7.05 Å². The van der Waals surface area contributed by atoms with Crippen LogP contribution in [0.1, 0.15) is 27.7 Å². The van der Waals surface area contributed by atoms with Crippen LogP contribution < -0.4 is 5.32 Å². The molecule has 0 unspecified atom stereocenters. The number of ketones is 1. The molecule has 2 aromatic rings. The molecule has 18 heavy (non-hydrogen) atoms. The Morgan fingerprint density at radius 1 is 1.61 bits per heavy atom. The molecule has 0 saturated heterocycles. The number of aromatic nitrogens is 3. The predicted molar refractivity (Wildman–Crippen MR) is 70.4 cm³/mol. The minimum absolute atomic E-state index is 0.0966. The minimum atomic E-state index is -2.33. The normalized spacial score (nSPS) is 13.6. The second-order valence-electron chi connectivity index (χ2n) is 3.65. The van der Waals surface area contributed by atoms with Gasteiger partial charge in [-0.15, -0.1) is 0 Å². The number of hydrogen-bond donors (Lipinski definition) is 1. The summed E-state index contributed by atoms with van der Waals surface area (Å²) < 4.78 is 22.9. The van der Waals surface area contributed by atoms with Crippen molar-refractivity contribution in [1.82, 2.24) is 14.8 Å².